The zero-order valence-electron chi connectivity index (χ0n) is 17.6. The Balaban J connectivity index is 1.52. The van der Waals surface area contributed by atoms with E-state index in [2.05, 4.69) is 0 Å². The summed E-state index contributed by atoms with van der Waals surface area (Å²) in [6.45, 7) is 0.0928. The highest BCUT2D eigenvalue weighted by Crippen LogP contribution is 2.47. The van der Waals surface area contributed by atoms with Gasteiger partial charge in [-0.15, -0.1) is 0 Å². The molecule has 0 spiro atoms. The number of carbonyl (C=O) groups is 2. The van der Waals surface area contributed by atoms with E-state index in [-0.39, 0.29) is 6.54 Å². The van der Waals surface area contributed by atoms with Crippen molar-refractivity contribution in [1.29, 1.82) is 0 Å². The number of hydroxylamine groups is 1. The average molecular weight is 487 g/mol. The van der Waals surface area contributed by atoms with Gasteiger partial charge in [-0.3, -0.25) is 19.3 Å². The standard InChI is InChI=1S/C25H18ClF3N2O3/c26-18-10-12-19(13-11-18)31-21(16-6-8-17(9-7-16)25(27,28)29)20-22(34-31)24(33)30(23(20)32)14-15-4-2-1-3-5-15/h1-13,20-22H,14H2/t20-,21-,22+/m0/s1. The highest BCUT2D eigenvalue weighted by molar-refractivity contribution is 6.30. The number of rotatable bonds is 4. The minimum Gasteiger partial charge on any atom is -0.275 e. The van der Waals surface area contributed by atoms with Crippen LogP contribution in [0.4, 0.5) is 18.9 Å². The van der Waals surface area contributed by atoms with E-state index in [4.69, 9.17) is 16.4 Å². The summed E-state index contributed by atoms with van der Waals surface area (Å²) in [5.74, 6) is -1.82. The molecule has 0 N–H and O–H groups in total. The van der Waals surface area contributed by atoms with Crippen LogP contribution in [0.15, 0.2) is 78.9 Å². The Morgan fingerprint density at radius 3 is 2.12 bits per heavy atom. The Morgan fingerprint density at radius 1 is 0.853 bits per heavy atom. The third-order valence-corrected chi connectivity index (χ3v) is 6.30. The molecule has 3 aromatic carbocycles. The molecule has 0 saturated carbocycles. The first-order valence-electron chi connectivity index (χ1n) is 10.5. The molecular weight excluding hydrogens is 469 g/mol. The molecule has 3 atom stereocenters. The molecule has 0 aliphatic carbocycles. The van der Waals surface area contributed by atoms with Crippen molar-refractivity contribution in [3.8, 4) is 0 Å². The topological polar surface area (TPSA) is 49.9 Å². The van der Waals surface area contributed by atoms with E-state index in [0.717, 1.165) is 22.6 Å². The van der Waals surface area contributed by atoms with E-state index in [1.807, 2.05) is 30.3 Å². The van der Waals surface area contributed by atoms with Crippen molar-refractivity contribution >= 4 is 29.1 Å². The fourth-order valence-corrected chi connectivity index (χ4v) is 4.54. The van der Waals surface area contributed by atoms with Gasteiger partial charge in [0, 0.05) is 5.02 Å². The fourth-order valence-electron chi connectivity index (χ4n) is 4.41. The van der Waals surface area contributed by atoms with Crippen LogP contribution in [0, 0.1) is 5.92 Å². The number of likely N-dealkylation sites (tertiary alicyclic amines) is 1. The predicted molar refractivity (Wildman–Crippen MR) is 118 cm³/mol. The van der Waals surface area contributed by atoms with Crippen LogP contribution < -0.4 is 5.06 Å². The van der Waals surface area contributed by atoms with E-state index in [1.165, 1.54) is 17.2 Å². The molecule has 2 amide bonds. The number of benzene rings is 3. The van der Waals surface area contributed by atoms with Crippen LogP contribution in [0.1, 0.15) is 22.7 Å². The number of imide groups is 1. The molecule has 0 bridgehead atoms. The second kappa shape index (κ2) is 8.45. The van der Waals surface area contributed by atoms with Crippen molar-refractivity contribution in [2.45, 2.75) is 24.9 Å². The quantitative estimate of drug-likeness (QED) is 0.463. The highest BCUT2D eigenvalue weighted by Gasteiger charge is 2.59. The van der Waals surface area contributed by atoms with E-state index in [1.54, 1.807) is 24.3 Å². The number of hydrogen-bond acceptors (Lipinski definition) is 4. The summed E-state index contributed by atoms with van der Waals surface area (Å²) in [6.07, 6.45) is -5.58. The smallest absolute Gasteiger partial charge is 0.275 e. The van der Waals surface area contributed by atoms with Gasteiger partial charge in [0.2, 0.25) is 5.91 Å². The molecule has 0 radical (unpaired) electrons. The summed E-state index contributed by atoms with van der Waals surface area (Å²) >= 11 is 5.99. The number of carbonyl (C=O) groups excluding carboxylic acids is 2. The van der Waals surface area contributed by atoms with E-state index >= 15 is 0 Å². The number of alkyl halides is 3. The Hall–Kier alpha value is -3.36. The zero-order chi connectivity index (χ0) is 24.0. The van der Waals surface area contributed by atoms with Gasteiger partial charge in [-0.2, -0.15) is 13.2 Å². The van der Waals surface area contributed by atoms with Crippen LogP contribution in [-0.4, -0.2) is 22.8 Å². The number of halogens is 4. The van der Waals surface area contributed by atoms with Crippen LogP contribution in [0.3, 0.4) is 0 Å². The van der Waals surface area contributed by atoms with Crippen molar-refractivity contribution in [2.75, 3.05) is 5.06 Å². The molecule has 9 heteroatoms. The molecule has 5 nitrogen and oxygen atoms in total. The lowest BCUT2D eigenvalue weighted by molar-refractivity contribution is -0.144. The van der Waals surface area contributed by atoms with Crippen molar-refractivity contribution < 1.29 is 27.6 Å². The Morgan fingerprint density at radius 2 is 1.50 bits per heavy atom. The van der Waals surface area contributed by atoms with Crippen molar-refractivity contribution in [3.63, 3.8) is 0 Å². The molecule has 2 saturated heterocycles. The van der Waals surface area contributed by atoms with Gasteiger partial charge in [0.25, 0.3) is 5.91 Å². The summed E-state index contributed by atoms with van der Waals surface area (Å²) in [5, 5.41) is 1.90. The molecule has 2 aliphatic heterocycles. The molecule has 2 fully saturated rings. The van der Waals surface area contributed by atoms with Crippen molar-refractivity contribution in [3.05, 3.63) is 101 Å². The Bertz CT molecular complexity index is 1220. The fraction of sp³-hybridized carbons (Fsp3) is 0.200. The third kappa shape index (κ3) is 3.93. The van der Waals surface area contributed by atoms with Crippen LogP contribution in [-0.2, 0) is 27.1 Å². The van der Waals surface area contributed by atoms with E-state index in [0.29, 0.717) is 16.3 Å². The second-order valence-corrected chi connectivity index (χ2v) is 8.60. The van der Waals surface area contributed by atoms with Gasteiger partial charge in [-0.05, 0) is 47.5 Å². The summed E-state index contributed by atoms with van der Waals surface area (Å²) < 4.78 is 39.3. The molecule has 2 heterocycles. The summed E-state index contributed by atoms with van der Waals surface area (Å²) in [6, 6.07) is 19.4. The maximum Gasteiger partial charge on any atom is 0.416 e. The van der Waals surface area contributed by atoms with Gasteiger partial charge < -0.3 is 0 Å². The van der Waals surface area contributed by atoms with Gasteiger partial charge in [-0.1, -0.05) is 54.1 Å². The summed E-state index contributed by atoms with van der Waals surface area (Å²) in [5.41, 5.74) is 0.936. The Kier molecular flexibility index (Phi) is 5.58. The molecule has 2 aliphatic rings. The van der Waals surface area contributed by atoms with E-state index < -0.39 is 41.6 Å². The van der Waals surface area contributed by atoms with Crippen LogP contribution >= 0.6 is 11.6 Å². The molecule has 174 valence electrons. The highest BCUT2D eigenvalue weighted by atomic mass is 35.5. The Labute approximate surface area is 198 Å². The van der Waals surface area contributed by atoms with Gasteiger partial charge in [0.15, 0.2) is 6.10 Å². The number of anilines is 1. The van der Waals surface area contributed by atoms with Crippen LogP contribution in [0.2, 0.25) is 5.02 Å². The second-order valence-electron chi connectivity index (χ2n) is 8.17. The van der Waals surface area contributed by atoms with Gasteiger partial charge >= 0.3 is 6.18 Å². The first-order chi connectivity index (χ1) is 16.2. The number of nitrogens with zero attached hydrogens (tertiary/aromatic N) is 2. The third-order valence-electron chi connectivity index (χ3n) is 6.05. The molecule has 0 unspecified atom stereocenters. The van der Waals surface area contributed by atoms with Gasteiger partial charge in [0.05, 0.1) is 23.8 Å². The zero-order valence-corrected chi connectivity index (χ0v) is 18.3. The van der Waals surface area contributed by atoms with Gasteiger partial charge in [-0.25, -0.2) is 5.06 Å². The first kappa shape index (κ1) is 22.4. The maximum atomic E-state index is 13.4. The largest absolute Gasteiger partial charge is 0.416 e. The monoisotopic (exact) mass is 486 g/mol. The number of amides is 2. The first-order valence-corrected chi connectivity index (χ1v) is 10.9. The molecule has 3 aromatic rings. The molecule has 0 aromatic heterocycles. The lowest BCUT2D eigenvalue weighted by Crippen LogP contribution is -2.37. The van der Waals surface area contributed by atoms with Crippen molar-refractivity contribution in [2.24, 2.45) is 5.92 Å². The van der Waals surface area contributed by atoms with Crippen LogP contribution in [0.25, 0.3) is 0 Å². The average Bonchev–Trinajstić information content (AvgIpc) is 3.32. The van der Waals surface area contributed by atoms with Crippen LogP contribution in [0.5, 0.6) is 0 Å². The number of hydrogen-bond donors (Lipinski definition) is 0. The molecular formula is C25H18ClF3N2O3. The normalized spacial score (nSPS) is 22.4. The lowest BCUT2D eigenvalue weighted by atomic mass is 9.90. The lowest BCUT2D eigenvalue weighted by Gasteiger charge is -2.29. The van der Waals surface area contributed by atoms with Crippen molar-refractivity contribution in [1.82, 2.24) is 4.90 Å². The minimum atomic E-state index is -4.49. The van der Waals surface area contributed by atoms with E-state index in [9.17, 15) is 22.8 Å². The summed E-state index contributed by atoms with van der Waals surface area (Å²) in [7, 11) is 0. The number of fused-ring (bicyclic) bond motifs is 1. The minimum absolute atomic E-state index is 0.0928. The molecule has 5 rings (SSSR count). The molecule has 34 heavy (non-hydrogen) atoms. The predicted octanol–water partition coefficient (Wildman–Crippen LogP) is 5.41. The maximum absolute atomic E-state index is 13.4. The SMILES string of the molecule is O=C1[C@@H]2[C@@H](ON(c3ccc(Cl)cc3)[C@H]2c2ccc(C(F)(F)F)cc2)C(=O)N1Cc1ccccc1. The summed E-state index contributed by atoms with van der Waals surface area (Å²) in [4.78, 5) is 33.8. The van der Waals surface area contributed by atoms with Gasteiger partial charge in [0.1, 0.15) is 5.92 Å².